The Bertz CT molecular complexity index is 225. The molecule has 0 aromatic carbocycles. The van der Waals surface area contributed by atoms with Crippen LogP contribution in [-0.4, -0.2) is 35.9 Å². The van der Waals surface area contributed by atoms with Crippen molar-refractivity contribution in [1.29, 1.82) is 0 Å². The number of nitrogens with one attached hydrogen (secondary N) is 3. The second-order valence-corrected chi connectivity index (χ2v) is 5.05. The number of halogens is 1. The lowest BCUT2D eigenvalue weighted by Gasteiger charge is -2.45. The Kier molecular flexibility index (Phi) is 2.41. The Balaban J connectivity index is 1.74. The second kappa shape index (κ2) is 3.61. The first kappa shape index (κ1) is 9.36. The van der Waals surface area contributed by atoms with Gasteiger partial charge in [-0.05, 0) is 18.8 Å². The summed E-state index contributed by atoms with van der Waals surface area (Å²) in [5.41, 5.74) is 3.32. The van der Waals surface area contributed by atoms with E-state index in [1.54, 1.807) is 0 Å². The van der Waals surface area contributed by atoms with Crippen molar-refractivity contribution in [3.8, 4) is 0 Å². The number of hydrogen-bond donors (Lipinski definition) is 3. The molecule has 2 aliphatic heterocycles. The third kappa shape index (κ3) is 1.46. The molecule has 0 bridgehead atoms. The average Bonchev–Trinajstić information content (AvgIpc) is 2.62. The molecule has 4 nitrogen and oxygen atoms in total. The highest BCUT2D eigenvalue weighted by molar-refractivity contribution is 6.21. The van der Waals surface area contributed by atoms with Crippen LogP contribution in [0.15, 0.2) is 0 Å². The molecule has 5 heteroatoms. The van der Waals surface area contributed by atoms with Gasteiger partial charge in [-0.1, -0.05) is 6.42 Å². The molecule has 3 aliphatic rings. The van der Waals surface area contributed by atoms with Gasteiger partial charge in [-0.2, -0.15) is 0 Å². The number of nitrogens with zero attached hydrogens (tertiary/aromatic N) is 1. The summed E-state index contributed by atoms with van der Waals surface area (Å²) >= 11 is 6.35. The number of alkyl halides is 1. The van der Waals surface area contributed by atoms with Gasteiger partial charge in [0, 0.05) is 18.0 Å². The maximum atomic E-state index is 6.35. The van der Waals surface area contributed by atoms with Crippen LogP contribution >= 0.6 is 11.6 Å². The van der Waals surface area contributed by atoms with Crippen molar-refractivity contribution >= 4 is 11.6 Å². The second-order valence-electron chi connectivity index (χ2n) is 4.49. The fourth-order valence-corrected chi connectivity index (χ4v) is 3.31. The van der Waals surface area contributed by atoms with Gasteiger partial charge in [0.25, 0.3) is 0 Å². The summed E-state index contributed by atoms with van der Waals surface area (Å²) in [6, 6.07) is 0.499. The molecule has 0 aromatic rings. The number of rotatable bonds is 0. The van der Waals surface area contributed by atoms with E-state index in [9.17, 15) is 0 Å². The van der Waals surface area contributed by atoms with Crippen molar-refractivity contribution in [3.63, 3.8) is 0 Å². The predicted octanol–water partition coefficient (Wildman–Crippen LogP) is 0.0166. The average molecular weight is 217 g/mol. The molecule has 1 saturated carbocycles. The van der Waals surface area contributed by atoms with Crippen molar-refractivity contribution < 1.29 is 0 Å². The van der Waals surface area contributed by atoms with Gasteiger partial charge in [-0.3, -0.25) is 10.6 Å². The third-order valence-electron chi connectivity index (χ3n) is 3.62. The fraction of sp³-hybridized carbons (Fsp3) is 1.00. The summed E-state index contributed by atoms with van der Waals surface area (Å²) in [6.45, 7) is 1.99. The summed E-state index contributed by atoms with van der Waals surface area (Å²) in [5, 5.41) is 9.52. The summed E-state index contributed by atoms with van der Waals surface area (Å²) in [5.74, 6) is 0.717. The SMILES string of the molecule is ClC1CCCC2CN3NCNC3NC12. The zero-order chi connectivity index (χ0) is 9.54. The number of hydrogen-bond acceptors (Lipinski definition) is 4. The van der Waals surface area contributed by atoms with E-state index in [0.717, 1.165) is 25.6 Å². The molecule has 4 unspecified atom stereocenters. The van der Waals surface area contributed by atoms with Gasteiger partial charge < -0.3 is 0 Å². The van der Waals surface area contributed by atoms with Gasteiger partial charge >= 0.3 is 0 Å². The van der Waals surface area contributed by atoms with Crippen LogP contribution in [0.2, 0.25) is 0 Å². The molecule has 2 saturated heterocycles. The Hall–Kier alpha value is 0.130. The van der Waals surface area contributed by atoms with Crippen molar-refractivity contribution in [2.45, 2.75) is 37.0 Å². The molecule has 0 radical (unpaired) electrons. The molecule has 4 atom stereocenters. The van der Waals surface area contributed by atoms with E-state index in [1.807, 2.05) is 0 Å². The first-order chi connectivity index (χ1) is 6.84. The Morgan fingerprint density at radius 2 is 2.21 bits per heavy atom. The molecule has 0 spiro atoms. The summed E-state index contributed by atoms with van der Waals surface area (Å²) in [4.78, 5) is 0. The van der Waals surface area contributed by atoms with Gasteiger partial charge in [0.2, 0.25) is 0 Å². The lowest BCUT2D eigenvalue weighted by Crippen LogP contribution is -2.65. The number of hydrazine groups is 1. The third-order valence-corrected chi connectivity index (χ3v) is 4.11. The van der Waals surface area contributed by atoms with Gasteiger partial charge in [0.15, 0.2) is 0 Å². The Morgan fingerprint density at radius 1 is 1.29 bits per heavy atom. The van der Waals surface area contributed by atoms with Crippen molar-refractivity contribution in [2.24, 2.45) is 5.92 Å². The molecule has 1 aliphatic carbocycles. The fourth-order valence-electron chi connectivity index (χ4n) is 2.87. The maximum Gasteiger partial charge on any atom is 0.128 e. The molecule has 3 N–H and O–H groups in total. The van der Waals surface area contributed by atoms with Crippen LogP contribution < -0.4 is 16.1 Å². The Morgan fingerprint density at radius 3 is 3.14 bits per heavy atom. The van der Waals surface area contributed by atoms with E-state index in [4.69, 9.17) is 11.6 Å². The lowest BCUT2D eigenvalue weighted by atomic mass is 9.83. The van der Waals surface area contributed by atoms with Crippen LogP contribution in [0.4, 0.5) is 0 Å². The minimum atomic E-state index is 0.288. The van der Waals surface area contributed by atoms with Gasteiger partial charge in [-0.15, -0.1) is 11.6 Å². The van der Waals surface area contributed by atoms with Gasteiger partial charge in [-0.25, -0.2) is 10.4 Å². The Labute approximate surface area is 89.3 Å². The van der Waals surface area contributed by atoms with Gasteiger partial charge in [0.05, 0.1) is 6.67 Å². The molecular weight excluding hydrogens is 200 g/mol. The molecule has 0 aromatic heterocycles. The van der Waals surface area contributed by atoms with Crippen molar-refractivity contribution in [3.05, 3.63) is 0 Å². The van der Waals surface area contributed by atoms with Crippen molar-refractivity contribution in [1.82, 2.24) is 21.1 Å². The van der Waals surface area contributed by atoms with Crippen LogP contribution in [0.25, 0.3) is 0 Å². The van der Waals surface area contributed by atoms with E-state index in [1.165, 1.54) is 12.8 Å². The quantitative estimate of drug-likeness (QED) is 0.500. The smallest absolute Gasteiger partial charge is 0.128 e. The summed E-state index contributed by atoms with van der Waals surface area (Å²) in [7, 11) is 0. The molecule has 3 rings (SSSR count). The summed E-state index contributed by atoms with van der Waals surface area (Å²) < 4.78 is 0. The monoisotopic (exact) mass is 216 g/mol. The van der Waals surface area contributed by atoms with Crippen molar-refractivity contribution in [2.75, 3.05) is 13.2 Å². The minimum absolute atomic E-state index is 0.288. The van der Waals surface area contributed by atoms with E-state index < -0.39 is 0 Å². The normalized spacial score (nSPS) is 48.6. The first-order valence-electron chi connectivity index (χ1n) is 5.48. The van der Waals surface area contributed by atoms with Crippen LogP contribution in [0, 0.1) is 5.92 Å². The molecular formula is C9H17ClN4. The van der Waals surface area contributed by atoms with Gasteiger partial charge in [0.1, 0.15) is 6.29 Å². The summed E-state index contributed by atoms with van der Waals surface area (Å²) in [6.07, 6.45) is 4.04. The van der Waals surface area contributed by atoms with E-state index in [0.29, 0.717) is 11.4 Å². The molecule has 3 fully saturated rings. The molecule has 80 valence electrons. The zero-order valence-electron chi connectivity index (χ0n) is 8.17. The van der Waals surface area contributed by atoms with E-state index in [-0.39, 0.29) is 6.29 Å². The highest BCUT2D eigenvalue weighted by Crippen LogP contribution is 2.32. The zero-order valence-corrected chi connectivity index (χ0v) is 8.93. The molecule has 0 amide bonds. The lowest BCUT2D eigenvalue weighted by molar-refractivity contribution is 0.0353. The maximum absolute atomic E-state index is 6.35. The highest BCUT2D eigenvalue weighted by Gasteiger charge is 2.41. The molecule has 14 heavy (non-hydrogen) atoms. The van der Waals surface area contributed by atoms with Crippen LogP contribution in [0.5, 0.6) is 0 Å². The van der Waals surface area contributed by atoms with Crippen LogP contribution in [0.1, 0.15) is 19.3 Å². The van der Waals surface area contributed by atoms with Crippen LogP contribution in [0.3, 0.4) is 0 Å². The first-order valence-corrected chi connectivity index (χ1v) is 5.92. The number of fused-ring (bicyclic) bond motifs is 2. The standard InChI is InChI=1S/C9H17ClN4/c10-7-3-1-2-6-4-14-9(11-5-12-14)13-8(6)7/h6-9,11-13H,1-5H2. The largest absolute Gasteiger partial charge is 0.284 e. The topological polar surface area (TPSA) is 39.3 Å². The highest BCUT2D eigenvalue weighted by atomic mass is 35.5. The minimum Gasteiger partial charge on any atom is -0.284 e. The molecule has 2 heterocycles. The van der Waals surface area contributed by atoms with E-state index in [2.05, 4.69) is 21.1 Å². The van der Waals surface area contributed by atoms with Crippen LogP contribution in [-0.2, 0) is 0 Å². The predicted molar refractivity (Wildman–Crippen MR) is 55.5 cm³/mol. The van der Waals surface area contributed by atoms with E-state index >= 15 is 0 Å².